The molecule has 1 aliphatic rings. The number of rotatable bonds is 2. The van der Waals surface area contributed by atoms with Gasteiger partial charge in [0, 0.05) is 13.1 Å². The number of halogens is 3. The number of nitrogens with one attached hydrogen (secondary N) is 2. The lowest BCUT2D eigenvalue weighted by Gasteiger charge is -2.31. The standard InChI is InChI=1S/C11H19F3N2O2/c1-9(2,3)18-8(17)16-7-10(11(12,13)14)4-5-15-6-10/h15H,4-7H2,1-3H3,(H,16,17). The van der Waals surface area contributed by atoms with Crippen LogP contribution in [-0.4, -0.2) is 37.5 Å². The molecule has 1 unspecified atom stereocenters. The van der Waals surface area contributed by atoms with Crippen LogP contribution in [0, 0.1) is 5.41 Å². The summed E-state index contributed by atoms with van der Waals surface area (Å²) in [6, 6.07) is 0. The van der Waals surface area contributed by atoms with Gasteiger partial charge in [0.1, 0.15) is 5.60 Å². The first kappa shape index (κ1) is 15.1. The van der Waals surface area contributed by atoms with E-state index >= 15 is 0 Å². The van der Waals surface area contributed by atoms with Gasteiger partial charge >= 0.3 is 12.3 Å². The first-order chi connectivity index (χ1) is 8.06. The van der Waals surface area contributed by atoms with Gasteiger partial charge in [-0.05, 0) is 33.7 Å². The molecular weight excluding hydrogens is 249 g/mol. The van der Waals surface area contributed by atoms with Crippen LogP contribution in [0.15, 0.2) is 0 Å². The third kappa shape index (κ3) is 3.76. The second-order valence-corrected chi connectivity index (χ2v) is 5.56. The minimum Gasteiger partial charge on any atom is -0.444 e. The van der Waals surface area contributed by atoms with Gasteiger partial charge in [0.15, 0.2) is 0 Å². The summed E-state index contributed by atoms with van der Waals surface area (Å²) < 4.78 is 43.8. The van der Waals surface area contributed by atoms with Crippen molar-refractivity contribution in [2.45, 2.75) is 39.0 Å². The van der Waals surface area contributed by atoms with Gasteiger partial charge in [0.2, 0.25) is 0 Å². The maximum Gasteiger partial charge on any atom is 0.407 e. The summed E-state index contributed by atoms with van der Waals surface area (Å²) in [6.45, 7) is 4.63. The van der Waals surface area contributed by atoms with Crippen molar-refractivity contribution in [1.82, 2.24) is 10.6 Å². The van der Waals surface area contributed by atoms with Crippen molar-refractivity contribution in [2.75, 3.05) is 19.6 Å². The van der Waals surface area contributed by atoms with Crippen molar-refractivity contribution in [3.63, 3.8) is 0 Å². The molecule has 0 aromatic heterocycles. The molecule has 1 fully saturated rings. The maximum atomic E-state index is 13.0. The first-order valence-electron chi connectivity index (χ1n) is 5.80. The third-order valence-electron chi connectivity index (χ3n) is 2.82. The van der Waals surface area contributed by atoms with Crippen LogP contribution in [0.5, 0.6) is 0 Å². The van der Waals surface area contributed by atoms with Gasteiger partial charge in [0.25, 0.3) is 0 Å². The smallest absolute Gasteiger partial charge is 0.407 e. The quantitative estimate of drug-likeness (QED) is 0.806. The molecule has 7 heteroatoms. The van der Waals surface area contributed by atoms with Crippen LogP contribution < -0.4 is 10.6 Å². The fraction of sp³-hybridized carbons (Fsp3) is 0.909. The lowest BCUT2D eigenvalue weighted by Crippen LogP contribution is -2.49. The Bertz CT molecular complexity index is 304. The Kier molecular flexibility index (Phi) is 4.15. The van der Waals surface area contributed by atoms with E-state index in [0.717, 1.165) is 0 Å². The Labute approximate surface area is 104 Å². The zero-order valence-corrected chi connectivity index (χ0v) is 10.8. The van der Waals surface area contributed by atoms with Crippen molar-refractivity contribution in [2.24, 2.45) is 5.41 Å². The molecule has 4 nitrogen and oxygen atoms in total. The minimum atomic E-state index is -4.34. The topological polar surface area (TPSA) is 50.4 Å². The van der Waals surface area contributed by atoms with E-state index in [1.165, 1.54) is 0 Å². The van der Waals surface area contributed by atoms with Crippen LogP contribution in [0.2, 0.25) is 0 Å². The minimum absolute atomic E-state index is 0.0354. The van der Waals surface area contributed by atoms with E-state index in [2.05, 4.69) is 10.6 Å². The lowest BCUT2D eigenvalue weighted by molar-refractivity contribution is -0.214. The number of carbonyl (C=O) groups excluding carboxylic acids is 1. The van der Waals surface area contributed by atoms with Gasteiger partial charge in [-0.25, -0.2) is 4.79 Å². The fourth-order valence-electron chi connectivity index (χ4n) is 1.79. The molecule has 1 atom stereocenters. The normalized spacial score (nSPS) is 25.0. The van der Waals surface area contributed by atoms with Crippen LogP contribution in [0.25, 0.3) is 0 Å². The Morgan fingerprint density at radius 3 is 2.39 bits per heavy atom. The zero-order valence-electron chi connectivity index (χ0n) is 10.8. The molecule has 0 radical (unpaired) electrons. The van der Waals surface area contributed by atoms with Gasteiger partial charge in [-0.2, -0.15) is 13.2 Å². The molecule has 0 aromatic rings. The number of alkyl halides is 3. The summed E-state index contributed by atoms with van der Waals surface area (Å²) in [7, 11) is 0. The van der Waals surface area contributed by atoms with Crippen LogP contribution in [-0.2, 0) is 4.74 Å². The number of carbonyl (C=O) groups is 1. The van der Waals surface area contributed by atoms with E-state index in [0.29, 0.717) is 6.54 Å². The predicted molar refractivity (Wildman–Crippen MR) is 60.2 cm³/mol. The molecule has 1 amide bonds. The van der Waals surface area contributed by atoms with Crippen LogP contribution >= 0.6 is 0 Å². The highest BCUT2D eigenvalue weighted by molar-refractivity contribution is 5.67. The predicted octanol–water partition coefficient (Wildman–Crippen LogP) is 2.05. The van der Waals surface area contributed by atoms with Crippen molar-refractivity contribution in [3.05, 3.63) is 0 Å². The molecule has 1 saturated heterocycles. The molecule has 1 aliphatic heterocycles. The van der Waals surface area contributed by atoms with Gasteiger partial charge in [-0.15, -0.1) is 0 Å². The molecule has 0 bridgehead atoms. The van der Waals surface area contributed by atoms with E-state index in [-0.39, 0.29) is 13.0 Å². The SMILES string of the molecule is CC(C)(C)OC(=O)NCC1(C(F)(F)F)CCNC1. The van der Waals surface area contributed by atoms with E-state index in [1.54, 1.807) is 20.8 Å². The highest BCUT2D eigenvalue weighted by Crippen LogP contribution is 2.42. The van der Waals surface area contributed by atoms with Gasteiger partial charge < -0.3 is 15.4 Å². The summed E-state index contributed by atoms with van der Waals surface area (Å²) in [5, 5.41) is 4.89. The molecule has 0 aliphatic carbocycles. The lowest BCUT2D eigenvalue weighted by atomic mass is 9.86. The number of amides is 1. The summed E-state index contributed by atoms with van der Waals surface area (Å²) in [6.07, 6.45) is -5.20. The zero-order chi connectivity index (χ0) is 14.0. The van der Waals surface area contributed by atoms with Crippen LogP contribution in [0.3, 0.4) is 0 Å². The van der Waals surface area contributed by atoms with E-state index in [9.17, 15) is 18.0 Å². The van der Waals surface area contributed by atoms with E-state index in [1.807, 2.05) is 0 Å². The number of ether oxygens (including phenoxy) is 1. The summed E-state index contributed by atoms with van der Waals surface area (Å²) in [5.74, 6) is 0. The molecule has 1 heterocycles. The van der Waals surface area contributed by atoms with Crippen molar-refractivity contribution >= 4 is 6.09 Å². The Hall–Kier alpha value is -0.980. The van der Waals surface area contributed by atoms with Crippen molar-refractivity contribution < 1.29 is 22.7 Å². The number of alkyl carbamates (subject to hydrolysis) is 1. The average Bonchev–Trinajstić information content (AvgIpc) is 2.60. The van der Waals surface area contributed by atoms with E-state index < -0.39 is 29.8 Å². The molecule has 106 valence electrons. The third-order valence-corrected chi connectivity index (χ3v) is 2.82. The van der Waals surface area contributed by atoms with E-state index in [4.69, 9.17) is 4.74 Å². The van der Waals surface area contributed by atoms with Gasteiger partial charge in [-0.1, -0.05) is 0 Å². The highest BCUT2D eigenvalue weighted by Gasteiger charge is 2.56. The summed E-state index contributed by atoms with van der Waals surface area (Å²) in [5.41, 5.74) is -2.60. The van der Waals surface area contributed by atoms with Crippen molar-refractivity contribution in [1.29, 1.82) is 0 Å². The van der Waals surface area contributed by atoms with Gasteiger partial charge in [0.05, 0.1) is 5.41 Å². The van der Waals surface area contributed by atoms with Crippen LogP contribution in [0.1, 0.15) is 27.2 Å². The Morgan fingerprint density at radius 1 is 1.39 bits per heavy atom. The maximum absolute atomic E-state index is 13.0. The highest BCUT2D eigenvalue weighted by atomic mass is 19.4. The summed E-state index contributed by atoms with van der Waals surface area (Å²) in [4.78, 5) is 11.4. The molecule has 0 spiro atoms. The molecular formula is C11H19F3N2O2. The molecule has 18 heavy (non-hydrogen) atoms. The van der Waals surface area contributed by atoms with Crippen molar-refractivity contribution in [3.8, 4) is 0 Å². The largest absolute Gasteiger partial charge is 0.444 e. The second-order valence-electron chi connectivity index (χ2n) is 5.56. The monoisotopic (exact) mass is 268 g/mol. The van der Waals surface area contributed by atoms with Crippen LogP contribution in [0.4, 0.5) is 18.0 Å². The Balaban J connectivity index is 2.57. The Morgan fingerprint density at radius 2 is 2.00 bits per heavy atom. The fourth-order valence-corrected chi connectivity index (χ4v) is 1.79. The first-order valence-corrected chi connectivity index (χ1v) is 5.80. The molecule has 0 aromatic carbocycles. The summed E-state index contributed by atoms with van der Waals surface area (Å²) >= 11 is 0. The second kappa shape index (κ2) is 4.95. The number of hydrogen-bond donors (Lipinski definition) is 2. The number of hydrogen-bond acceptors (Lipinski definition) is 3. The molecule has 2 N–H and O–H groups in total. The molecule has 1 rings (SSSR count). The molecule has 0 saturated carbocycles. The van der Waals surface area contributed by atoms with Gasteiger partial charge in [-0.3, -0.25) is 0 Å². The average molecular weight is 268 g/mol.